The lowest BCUT2D eigenvalue weighted by Gasteiger charge is -2.25. The van der Waals surface area contributed by atoms with Crippen LogP contribution in [-0.4, -0.2) is 33.9 Å². The lowest BCUT2D eigenvalue weighted by atomic mass is 10.0. The van der Waals surface area contributed by atoms with Gasteiger partial charge in [-0.05, 0) is 23.8 Å². The first kappa shape index (κ1) is 21.0. The summed E-state index contributed by atoms with van der Waals surface area (Å²) in [5.74, 6) is -0.170. The second kappa shape index (κ2) is 7.60. The number of nitrogens with zero attached hydrogens (tertiary/aromatic N) is 4. The molecule has 11 heteroatoms. The van der Waals surface area contributed by atoms with Crippen LogP contribution in [0.25, 0.3) is 10.9 Å². The molecule has 0 aliphatic carbocycles. The Bertz CT molecular complexity index is 1340. The van der Waals surface area contributed by atoms with Crippen LogP contribution >= 0.6 is 0 Å². The number of rotatable bonds is 3. The normalized spacial score (nSPS) is 16.7. The van der Waals surface area contributed by atoms with Gasteiger partial charge in [-0.2, -0.15) is 18.4 Å². The maximum absolute atomic E-state index is 13.4. The maximum Gasteiger partial charge on any atom is 0.416 e. The molecule has 0 saturated heterocycles. The van der Waals surface area contributed by atoms with Gasteiger partial charge in [0.2, 0.25) is 0 Å². The molecule has 0 unspecified atom stereocenters. The van der Waals surface area contributed by atoms with Crippen molar-refractivity contribution in [2.75, 3.05) is 18.9 Å². The van der Waals surface area contributed by atoms with Crippen LogP contribution in [0.4, 0.5) is 19.0 Å². The lowest BCUT2D eigenvalue weighted by molar-refractivity contribution is -0.137. The van der Waals surface area contributed by atoms with E-state index in [1.807, 2.05) is 6.07 Å². The number of hydrogen-bond acceptors (Lipinski definition) is 7. The molecule has 0 bridgehead atoms. The number of nitriles is 1. The van der Waals surface area contributed by atoms with E-state index in [2.05, 4.69) is 9.97 Å². The SMILES string of the molecule is N#CCN(C(=O)c1cc2c3c(c(N)nc2cn1)COC3)[C@@H]1COc2cc(C(F)(F)F)ccc21. The standard InChI is InChI=1S/C22H16F3N5O3/c23-22(24,25)11-1-2-12-18(10-33-19(12)5-11)30(4-3-26)21(31)16-6-13-14-8-32-9-15(14)20(27)29-17(13)7-28-16/h1-2,5-7,18H,4,8-10H2,(H2,27,29)/t18-/m1/s1. The van der Waals surface area contributed by atoms with Crippen LogP contribution in [0, 0.1) is 11.3 Å². The van der Waals surface area contributed by atoms with E-state index in [0.717, 1.165) is 23.3 Å². The van der Waals surface area contributed by atoms with Gasteiger partial charge in [0.1, 0.15) is 30.4 Å². The quantitative estimate of drug-likeness (QED) is 0.603. The third-order valence-corrected chi connectivity index (χ3v) is 5.81. The molecule has 2 aromatic heterocycles. The molecule has 1 aromatic carbocycles. The van der Waals surface area contributed by atoms with Gasteiger partial charge in [0.15, 0.2) is 0 Å². The van der Waals surface area contributed by atoms with Crippen LogP contribution in [0.1, 0.15) is 38.8 Å². The Morgan fingerprint density at radius 2 is 2.06 bits per heavy atom. The van der Waals surface area contributed by atoms with E-state index in [-0.39, 0.29) is 24.6 Å². The summed E-state index contributed by atoms with van der Waals surface area (Å²) in [5.41, 5.74) is 7.69. The smallest absolute Gasteiger partial charge is 0.416 e. The van der Waals surface area contributed by atoms with E-state index in [1.54, 1.807) is 6.07 Å². The number of fused-ring (bicyclic) bond motifs is 4. The fourth-order valence-corrected chi connectivity index (χ4v) is 4.17. The number of anilines is 1. The Hall–Kier alpha value is -3.91. The van der Waals surface area contributed by atoms with E-state index >= 15 is 0 Å². The number of hydrogen-bond donors (Lipinski definition) is 1. The molecule has 2 N–H and O–H groups in total. The van der Waals surface area contributed by atoms with E-state index < -0.39 is 23.7 Å². The summed E-state index contributed by atoms with van der Waals surface area (Å²) in [6, 6.07) is 5.90. The largest absolute Gasteiger partial charge is 0.491 e. The summed E-state index contributed by atoms with van der Waals surface area (Å²) in [4.78, 5) is 23.1. The number of amides is 1. The van der Waals surface area contributed by atoms with Gasteiger partial charge in [-0.25, -0.2) is 9.97 Å². The molecule has 0 radical (unpaired) electrons. The maximum atomic E-state index is 13.4. The summed E-state index contributed by atoms with van der Waals surface area (Å²) in [5, 5.41) is 10.00. The predicted molar refractivity (Wildman–Crippen MR) is 109 cm³/mol. The van der Waals surface area contributed by atoms with Crippen molar-refractivity contribution in [2.24, 2.45) is 0 Å². The molecular formula is C22H16F3N5O3. The zero-order chi connectivity index (χ0) is 23.3. The van der Waals surface area contributed by atoms with Gasteiger partial charge < -0.3 is 20.1 Å². The summed E-state index contributed by atoms with van der Waals surface area (Å²) in [6.07, 6.45) is -3.09. The van der Waals surface area contributed by atoms with Crippen molar-refractivity contribution in [1.29, 1.82) is 5.26 Å². The second-order valence-corrected chi connectivity index (χ2v) is 7.70. The molecule has 0 saturated carbocycles. The van der Waals surface area contributed by atoms with Gasteiger partial charge in [-0.3, -0.25) is 4.79 Å². The van der Waals surface area contributed by atoms with Crippen LogP contribution in [0.15, 0.2) is 30.5 Å². The third-order valence-electron chi connectivity index (χ3n) is 5.81. The highest BCUT2D eigenvalue weighted by molar-refractivity contribution is 5.97. The predicted octanol–water partition coefficient (Wildman–Crippen LogP) is 3.36. The van der Waals surface area contributed by atoms with Gasteiger partial charge in [0.25, 0.3) is 5.91 Å². The first-order valence-electron chi connectivity index (χ1n) is 9.94. The van der Waals surface area contributed by atoms with Crippen molar-refractivity contribution < 1.29 is 27.4 Å². The average Bonchev–Trinajstić information content (AvgIpc) is 3.44. The van der Waals surface area contributed by atoms with E-state index in [9.17, 15) is 23.2 Å². The third kappa shape index (κ3) is 3.48. The molecule has 3 aromatic rings. The minimum absolute atomic E-state index is 0.0340. The number of nitrogen functional groups attached to an aromatic ring is 1. The highest BCUT2D eigenvalue weighted by atomic mass is 19.4. The van der Waals surface area contributed by atoms with E-state index in [0.29, 0.717) is 35.5 Å². The molecule has 8 nitrogen and oxygen atoms in total. The zero-order valence-corrected chi connectivity index (χ0v) is 17.0. The summed E-state index contributed by atoms with van der Waals surface area (Å²) < 4.78 is 50.0. The number of carbonyl (C=O) groups is 1. The molecule has 1 amide bonds. The molecule has 33 heavy (non-hydrogen) atoms. The molecule has 0 spiro atoms. The number of alkyl halides is 3. The van der Waals surface area contributed by atoms with Crippen molar-refractivity contribution in [3.05, 3.63) is 58.4 Å². The van der Waals surface area contributed by atoms with E-state index in [4.69, 9.17) is 15.2 Å². The van der Waals surface area contributed by atoms with Crippen molar-refractivity contribution >= 4 is 22.6 Å². The van der Waals surface area contributed by atoms with Crippen LogP contribution in [0.3, 0.4) is 0 Å². The molecule has 4 heterocycles. The number of halogens is 3. The zero-order valence-electron chi connectivity index (χ0n) is 17.0. The Balaban J connectivity index is 1.52. The molecule has 2 aliphatic rings. The molecular weight excluding hydrogens is 439 g/mol. The highest BCUT2D eigenvalue weighted by Crippen LogP contribution is 2.41. The lowest BCUT2D eigenvalue weighted by Crippen LogP contribution is -2.36. The van der Waals surface area contributed by atoms with Gasteiger partial charge in [-0.15, -0.1) is 0 Å². The summed E-state index contributed by atoms with van der Waals surface area (Å²) in [6.45, 7) is 0.281. The van der Waals surface area contributed by atoms with Gasteiger partial charge in [-0.1, -0.05) is 6.07 Å². The molecule has 2 aliphatic heterocycles. The minimum atomic E-state index is -4.52. The van der Waals surface area contributed by atoms with Crippen molar-refractivity contribution in [2.45, 2.75) is 25.4 Å². The van der Waals surface area contributed by atoms with Crippen molar-refractivity contribution in [1.82, 2.24) is 14.9 Å². The second-order valence-electron chi connectivity index (χ2n) is 7.70. The number of benzene rings is 1. The number of ether oxygens (including phenoxy) is 2. The molecule has 0 fully saturated rings. The Kier molecular flexibility index (Phi) is 4.83. The number of nitrogens with two attached hydrogens (primary N) is 1. The molecule has 5 rings (SSSR count). The van der Waals surface area contributed by atoms with Gasteiger partial charge >= 0.3 is 6.18 Å². The average molecular weight is 455 g/mol. The van der Waals surface area contributed by atoms with Gasteiger partial charge in [0, 0.05) is 16.5 Å². The summed E-state index contributed by atoms with van der Waals surface area (Å²) >= 11 is 0. The first-order valence-corrected chi connectivity index (χ1v) is 9.94. The Morgan fingerprint density at radius 3 is 2.82 bits per heavy atom. The molecule has 168 valence electrons. The monoisotopic (exact) mass is 455 g/mol. The first-order chi connectivity index (χ1) is 15.8. The molecule has 1 atom stereocenters. The Morgan fingerprint density at radius 1 is 1.27 bits per heavy atom. The van der Waals surface area contributed by atoms with Crippen molar-refractivity contribution in [3.8, 4) is 11.8 Å². The van der Waals surface area contributed by atoms with Crippen LogP contribution < -0.4 is 10.5 Å². The van der Waals surface area contributed by atoms with E-state index in [1.165, 1.54) is 17.2 Å². The fourth-order valence-electron chi connectivity index (χ4n) is 4.17. The number of pyridine rings is 2. The van der Waals surface area contributed by atoms with Crippen molar-refractivity contribution in [3.63, 3.8) is 0 Å². The number of carbonyl (C=O) groups excluding carboxylic acids is 1. The van der Waals surface area contributed by atoms with Crippen LogP contribution in [0.5, 0.6) is 5.75 Å². The van der Waals surface area contributed by atoms with Crippen LogP contribution in [0.2, 0.25) is 0 Å². The fraction of sp³-hybridized carbons (Fsp3) is 0.273. The topological polar surface area (TPSA) is 114 Å². The minimum Gasteiger partial charge on any atom is -0.491 e. The number of aromatic nitrogens is 2. The highest BCUT2D eigenvalue weighted by Gasteiger charge is 2.37. The van der Waals surface area contributed by atoms with Crippen LogP contribution in [-0.2, 0) is 24.1 Å². The van der Waals surface area contributed by atoms with Gasteiger partial charge in [0.05, 0.1) is 42.6 Å². The summed E-state index contributed by atoms with van der Waals surface area (Å²) in [7, 11) is 0. The Labute approximate surface area is 185 Å².